The Balaban J connectivity index is 3.97. The van der Waals surface area contributed by atoms with Crippen molar-refractivity contribution < 1.29 is 8.98 Å². The van der Waals surface area contributed by atoms with Crippen LogP contribution in [0.4, 0.5) is 0 Å². The van der Waals surface area contributed by atoms with Crippen LogP contribution in [0.2, 0.25) is 0 Å². The number of rotatable bonds is 6. The maximum absolute atomic E-state index is 10.3. The summed E-state index contributed by atoms with van der Waals surface area (Å²) >= 11 is 3.78. The monoisotopic (exact) mass is 202 g/mol. The quantitative estimate of drug-likeness (QED) is 0.310. The highest BCUT2D eigenvalue weighted by Crippen LogP contribution is 2.22. The summed E-state index contributed by atoms with van der Waals surface area (Å²) in [6.45, 7) is 6.00. The van der Waals surface area contributed by atoms with Gasteiger partial charge in [0.15, 0.2) is 0 Å². The summed E-state index contributed by atoms with van der Waals surface area (Å²) in [5.74, 6) is 0. The Kier molecular flexibility index (Phi) is 6.08. The number of aldehydes is 1. The van der Waals surface area contributed by atoms with Crippen molar-refractivity contribution in [3.8, 4) is 0 Å². The summed E-state index contributed by atoms with van der Waals surface area (Å²) in [6, 6.07) is 0. The molecule has 2 nitrogen and oxygen atoms in total. The van der Waals surface area contributed by atoms with Gasteiger partial charge in [-0.25, -0.2) is 0 Å². The fourth-order valence-corrected chi connectivity index (χ4v) is 1.19. The predicted octanol–water partition coefficient (Wildman–Crippen LogP) is 2.94. The number of thiol groups is 1. The Morgan fingerprint density at radius 3 is 2.54 bits per heavy atom. The first-order chi connectivity index (χ1) is 6.04. The summed E-state index contributed by atoms with van der Waals surface area (Å²) in [5, 5.41) is 0. The second-order valence-corrected chi connectivity index (χ2v) is 3.91. The third kappa shape index (κ3) is 5.88. The molecule has 1 atom stereocenters. The molecule has 0 amide bonds. The van der Waals surface area contributed by atoms with Gasteiger partial charge in [-0.05, 0) is 46.5 Å². The van der Waals surface area contributed by atoms with E-state index in [0.717, 1.165) is 19.1 Å². The second-order valence-electron chi connectivity index (χ2n) is 3.73. The van der Waals surface area contributed by atoms with Gasteiger partial charge in [-0.1, -0.05) is 11.6 Å². The fraction of sp³-hybridized carbons (Fsp3) is 0.700. The van der Waals surface area contributed by atoms with Crippen LogP contribution in [0.15, 0.2) is 11.6 Å². The molecule has 0 rings (SSSR count). The van der Waals surface area contributed by atoms with E-state index < -0.39 is 5.60 Å². The van der Waals surface area contributed by atoms with Crippen molar-refractivity contribution in [3.63, 3.8) is 0 Å². The molecule has 0 fully saturated rings. The van der Waals surface area contributed by atoms with Crippen LogP contribution >= 0.6 is 12.9 Å². The maximum Gasteiger partial charge on any atom is 0.122 e. The molecule has 0 aromatic heterocycles. The molecule has 0 aliphatic carbocycles. The number of carbonyl (C=O) groups is 1. The van der Waals surface area contributed by atoms with Crippen LogP contribution in [0.3, 0.4) is 0 Å². The Morgan fingerprint density at radius 2 is 2.15 bits per heavy atom. The van der Waals surface area contributed by atoms with Crippen molar-refractivity contribution in [2.45, 2.75) is 45.6 Å². The molecular weight excluding hydrogens is 184 g/mol. The van der Waals surface area contributed by atoms with Crippen LogP contribution < -0.4 is 0 Å². The lowest BCUT2D eigenvalue weighted by atomic mass is 9.96. The molecule has 0 aliphatic rings. The number of hydrogen-bond donors (Lipinski definition) is 1. The van der Waals surface area contributed by atoms with Gasteiger partial charge in [0.2, 0.25) is 0 Å². The van der Waals surface area contributed by atoms with E-state index in [9.17, 15) is 4.79 Å². The summed E-state index contributed by atoms with van der Waals surface area (Å²) in [4.78, 5) is 10.3. The molecule has 0 N–H and O–H groups in total. The third-order valence-corrected chi connectivity index (χ3v) is 2.40. The zero-order valence-electron chi connectivity index (χ0n) is 8.54. The van der Waals surface area contributed by atoms with Gasteiger partial charge < -0.3 is 8.98 Å². The lowest BCUT2D eigenvalue weighted by Crippen LogP contribution is -2.25. The van der Waals surface area contributed by atoms with Gasteiger partial charge in [0.05, 0.1) is 5.60 Å². The lowest BCUT2D eigenvalue weighted by Gasteiger charge is -2.23. The summed E-state index contributed by atoms with van der Waals surface area (Å²) in [7, 11) is 0. The van der Waals surface area contributed by atoms with Crippen LogP contribution in [-0.2, 0) is 8.98 Å². The van der Waals surface area contributed by atoms with Gasteiger partial charge in [0.1, 0.15) is 6.29 Å². The lowest BCUT2D eigenvalue weighted by molar-refractivity contribution is -0.110. The van der Waals surface area contributed by atoms with E-state index in [1.54, 1.807) is 0 Å². The van der Waals surface area contributed by atoms with Crippen molar-refractivity contribution in [1.82, 2.24) is 0 Å². The van der Waals surface area contributed by atoms with Gasteiger partial charge >= 0.3 is 0 Å². The first-order valence-corrected chi connectivity index (χ1v) is 4.80. The smallest absolute Gasteiger partial charge is 0.122 e. The summed E-state index contributed by atoms with van der Waals surface area (Å²) in [6.07, 6.45) is 5.15. The van der Waals surface area contributed by atoms with Crippen LogP contribution in [0.1, 0.15) is 40.0 Å². The molecule has 0 saturated carbocycles. The zero-order chi connectivity index (χ0) is 10.3. The van der Waals surface area contributed by atoms with Crippen molar-refractivity contribution in [1.29, 1.82) is 0 Å². The summed E-state index contributed by atoms with van der Waals surface area (Å²) in [5.41, 5.74) is 0.865. The van der Waals surface area contributed by atoms with Crippen molar-refractivity contribution >= 4 is 19.2 Å². The molecule has 0 heterocycles. The van der Waals surface area contributed by atoms with Gasteiger partial charge in [0, 0.05) is 6.42 Å². The molecule has 0 spiro atoms. The van der Waals surface area contributed by atoms with Crippen molar-refractivity contribution in [2.75, 3.05) is 0 Å². The van der Waals surface area contributed by atoms with Gasteiger partial charge in [-0.15, -0.1) is 0 Å². The normalized spacial score (nSPS) is 14.8. The minimum absolute atomic E-state index is 0.396. The molecule has 13 heavy (non-hydrogen) atoms. The molecule has 0 radical (unpaired) electrons. The molecule has 76 valence electrons. The zero-order valence-corrected chi connectivity index (χ0v) is 9.43. The minimum Gasteiger partial charge on any atom is -0.312 e. The number of allylic oxidation sites excluding steroid dienone is 2. The largest absolute Gasteiger partial charge is 0.312 e. The van der Waals surface area contributed by atoms with E-state index in [-0.39, 0.29) is 0 Å². The van der Waals surface area contributed by atoms with Crippen LogP contribution in [0.5, 0.6) is 0 Å². The van der Waals surface area contributed by atoms with Crippen LogP contribution in [0, 0.1) is 0 Å². The number of hydrogen-bond acceptors (Lipinski definition) is 3. The molecule has 1 unspecified atom stereocenters. The molecule has 3 heteroatoms. The Hall–Kier alpha value is -0.280. The first-order valence-electron chi connectivity index (χ1n) is 4.43. The second kappa shape index (κ2) is 6.22. The first kappa shape index (κ1) is 12.7. The Morgan fingerprint density at radius 1 is 1.54 bits per heavy atom. The van der Waals surface area contributed by atoms with E-state index in [0.29, 0.717) is 6.42 Å². The standard InChI is InChI=1S/C10H18O2S/c1-9(2)5-4-6-10(3,12-13)7-8-11/h5,8,13H,4,6-7H2,1-3H3. The highest BCUT2D eigenvalue weighted by atomic mass is 32.1. The maximum atomic E-state index is 10.3. The van der Waals surface area contributed by atoms with Gasteiger partial charge in [-0.2, -0.15) is 0 Å². The van der Waals surface area contributed by atoms with Gasteiger partial charge in [0.25, 0.3) is 0 Å². The number of carbonyl (C=O) groups excluding carboxylic acids is 1. The van der Waals surface area contributed by atoms with E-state index in [1.807, 2.05) is 6.92 Å². The predicted molar refractivity (Wildman–Crippen MR) is 57.8 cm³/mol. The molecule has 0 saturated heterocycles. The summed E-state index contributed by atoms with van der Waals surface area (Å²) < 4.78 is 4.99. The molecule has 0 aromatic rings. The highest BCUT2D eigenvalue weighted by Gasteiger charge is 2.22. The molecule has 0 bridgehead atoms. The average molecular weight is 202 g/mol. The molecule has 0 aliphatic heterocycles. The van der Waals surface area contributed by atoms with Crippen molar-refractivity contribution in [2.24, 2.45) is 0 Å². The van der Waals surface area contributed by atoms with E-state index in [1.165, 1.54) is 5.57 Å². The minimum atomic E-state index is -0.420. The molecular formula is C10H18O2S. The Labute approximate surface area is 86.0 Å². The van der Waals surface area contributed by atoms with Crippen molar-refractivity contribution in [3.05, 3.63) is 11.6 Å². The Bertz CT molecular complexity index is 185. The average Bonchev–Trinajstić information content (AvgIpc) is 2.04. The van der Waals surface area contributed by atoms with Gasteiger partial charge in [-0.3, -0.25) is 0 Å². The topological polar surface area (TPSA) is 26.3 Å². The van der Waals surface area contributed by atoms with Crippen LogP contribution in [-0.4, -0.2) is 11.9 Å². The van der Waals surface area contributed by atoms with Crippen LogP contribution in [0.25, 0.3) is 0 Å². The van der Waals surface area contributed by atoms with E-state index >= 15 is 0 Å². The fourth-order valence-electron chi connectivity index (χ4n) is 1.03. The molecule has 0 aromatic carbocycles. The third-order valence-electron chi connectivity index (χ3n) is 1.96. The van der Waals surface area contributed by atoms with E-state index in [2.05, 4.69) is 32.8 Å². The van der Waals surface area contributed by atoms with E-state index in [4.69, 9.17) is 4.18 Å². The SMILES string of the molecule is CC(C)=CCCC(C)(CC=O)OS. The highest BCUT2D eigenvalue weighted by molar-refractivity contribution is 7.75.